The molecule has 88 valence electrons. The molecule has 0 aromatic carbocycles. The van der Waals surface area contributed by atoms with Crippen LogP contribution >= 0.6 is 0 Å². The summed E-state index contributed by atoms with van der Waals surface area (Å²) < 4.78 is 0. The van der Waals surface area contributed by atoms with Gasteiger partial charge in [0.2, 0.25) is 0 Å². The number of hydrogen-bond donors (Lipinski definition) is 1. The van der Waals surface area contributed by atoms with Crippen LogP contribution < -0.4 is 0 Å². The highest BCUT2D eigenvalue weighted by Gasteiger charge is 2.39. The molecule has 16 heavy (non-hydrogen) atoms. The number of allylic oxidation sites excluding steroid dienone is 4. The van der Waals surface area contributed by atoms with Crippen molar-refractivity contribution in [1.82, 2.24) is 0 Å². The van der Waals surface area contributed by atoms with Crippen molar-refractivity contribution in [3.05, 3.63) is 34.9 Å². The fourth-order valence-electron chi connectivity index (χ4n) is 2.83. The highest BCUT2D eigenvalue weighted by molar-refractivity contribution is 5.48. The first kappa shape index (κ1) is 11.7. The van der Waals surface area contributed by atoms with Crippen LogP contribution in [0, 0.1) is 11.3 Å². The summed E-state index contributed by atoms with van der Waals surface area (Å²) in [6.45, 7) is 8.65. The molecule has 1 atom stereocenters. The molecule has 0 spiro atoms. The van der Waals surface area contributed by atoms with Crippen molar-refractivity contribution in [1.29, 1.82) is 0 Å². The van der Waals surface area contributed by atoms with Gasteiger partial charge in [0.05, 0.1) is 6.10 Å². The fourth-order valence-corrected chi connectivity index (χ4v) is 2.83. The van der Waals surface area contributed by atoms with Crippen LogP contribution in [0.15, 0.2) is 34.9 Å². The number of hydrogen-bond acceptors (Lipinski definition) is 1. The maximum absolute atomic E-state index is 10.5. The summed E-state index contributed by atoms with van der Waals surface area (Å²) >= 11 is 0. The Morgan fingerprint density at radius 3 is 2.69 bits per heavy atom. The second-order valence-electron chi connectivity index (χ2n) is 5.80. The highest BCUT2D eigenvalue weighted by atomic mass is 16.3. The van der Waals surface area contributed by atoms with E-state index in [1.807, 2.05) is 0 Å². The van der Waals surface area contributed by atoms with E-state index in [1.54, 1.807) is 0 Å². The predicted molar refractivity (Wildman–Crippen MR) is 68.1 cm³/mol. The van der Waals surface area contributed by atoms with Gasteiger partial charge >= 0.3 is 0 Å². The molecule has 0 fully saturated rings. The maximum atomic E-state index is 10.5. The van der Waals surface area contributed by atoms with E-state index in [1.165, 1.54) is 16.7 Å². The fraction of sp³-hybridized carbons (Fsp3) is 0.600. The van der Waals surface area contributed by atoms with Crippen molar-refractivity contribution in [2.45, 2.75) is 46.6 Å². The second-order valence-corrected chi connectivity index (χ2v) is 5.80. The molecule has 0 amide bonds. The van der Waals surface area contributed by atoms with Gasteiger partial charge in [0.1, 0.15) is 0 Å². The van der Waals surface area contributed by atoms with Gasteiger partial charge in [-0.3, -0.25) is 0 Å². The Morgan fingerprint density at radius 2 is 2.06 bits per heavy atom. The van der Waals surface area contributed by atoms with E-state index in [4.69, 9.17) is 0 Å². The van der Waals surface area contributed by atoms with Gasteiger partial charge in [-0.15, -0.1) is 0 Å². The molecule has 0 heterocycles. The SMILES string of the molecule is CC(C)C1=CC2=C(CCC=C2)C(C)(C)C1O. The monoisotopic (exact) mass is 218 g/mol. The zero-order valence-electron chi connectivity index (χ0n) is 10.7. The first-order valence-corrected chi connectivity index (χ1v) is 6.24. The van der Waals surface area contributed by atoms with Crippen LogP contribution in [0.25, 0.3) is 0 Å². The summed E-state index contributed by atoms with van der Waals surface area (Å²) in [7, 11) is 0. The van der Waals surface area contributed by atoms with E-state index in [-0.39, 0.29) is 11.5 Å². The second kappa shape index (κ2) is 3.89. The third-order valence-electron chi connectivity index (χ3n) is 3.97. The molecule has 0 bridgehead atoms. The molecule has 1 N–H and O–H groups in total. The Labute approximate surface area is 98.6 Å². The molecule has 1 nitrogen and oxygen atoms in total. The third kappa shape index (κ3) is 1.67. The normalized spacial score (nSPS) is 28.1. The molecule has 0 radical (unpaired) electrons. The average molecular weight is 218 g/mol. The van der Waals surface area contributed by atoms with Crippen LogP contribution in [-0.2, 0) is 0 Å². The largest absolute Gasteiger partial charge is 0.388 e. The maximum Gasteiger partial charge on any atom is 0.0844 e. The van der Waals surface area contributed by atoms with Gasteiger partial charge in [-0.1, -0.05) is 51.5 Å². The molecular formula is C15H22O. The van der Waals surface area contributed by atoms with Crippen molar-refractivity contribution in [2.24, 2.45) is 11.3 Å². The molecule has 0 aromatic rings. The molecule has 2 aliphatic rings. The van der Waals surface area contributed by atoms with Crippen LogP contribution in [0.4, 0.5) is 0 Å². The lowest BCUT2D eigenvalue weighted by atomic mass is 9.66. The van der Waals surface area contributed by atoms with E-state index in [0.717, 1.165) is 12.8 Å². The van der Waals surface area contributed by atoms with Crippen LogP contribution in [0.3, 0.4) is 0 Å². The van der Waals surface area contributed by atoms with E-state index < -0.39 is 0 Å². The van der Waals surface area contributed by atoms with Crippen molar-refractivity contribution in [3.8, 4) is 0 Å². The standard InChI is InChI=1S/C15H22O/c1-10(2)12-9-11-7-5-6-8-13(11)15(3,4)14(12)16/h5,7,9-10,14,16H,6,8H2,1-4H3. The Balaban J connectivity index is 2.51. The van der Waals surface area contributed by atoms with Gasteiger partial charge in [-0.05, 0) is 29.9 Å². The molecule has 1 unspecified atom stereocenters. The van der Waals surface area contributed by atoms with E-state index in [9.17, 15) is 5.11 Å². The number of aliphatic hydroxyl groups is 1. The molecule has 1 heteroatoms. The minimum atomic E-state index is -0.322. The summed E-state index contributed by atoms with van der Waals surface area (Å²) in [5.41, 5.74) is 3.83. The van der Waals surface area contributed by atoms with Crippen molar-refractivity contribution >= 4 is 0 Å². The first-order chi connectivity index (χ1) is 7.44. The Kier molecular flexibility index (Phi) is 2.83. The van der Waals surface area contributed by atoms with E-state index in [0.29, 0.717) is 5.92 Å². The van der Waals surface area contributed by atoms with Gasteiger partial charge in [0, 0.05) is 5.41 Å². The molecule has 0 saturated carbocycles. The van der Waals surface area contributed by atoms with Crippen LogP contribution in [-0.4, -0.2) is 11.2 Å². The molecule has 0 saturated heterocycles. The van der Waals surface area contributed by atoms with Crippen LogP contribution in [0.2, 0.25) is 0 Å². The zero-order valence-corrected chi connectivity index (χ0v) is 10.7. The summed E-state index contributed by atoms with van der Waals surface area (Å²) in [5.74, 6) is 0.415. The quantitative estimate of drug-likeness (QED) is 0.712. The van der Waals surface area contributed by atoms with Crippen molar-refractivity contribution < 1.29 is 5.11 Å². The number of rotatable bonds is 1. The Hall–Kier alpha value is -0.820. The minimum Gasteiger partial charge on any atom is -0.388 e. The smallest absolute Gasteiger partial charge is 0.0844 e. The Morgan fingerprint density at radius 1 is 1.38 bits per heavy atom. The van der Waals surface area contributed by atoms with Crippen LogP contribution in [0.5, 0.6) is 0 Å². The van der Waals surface area contributed by atoms with Gasteiger partial charge in [-0.25, -0.2) is 0 Å². The summed E-state index contributed by atoms with van der Waals surface area (Å²) in [6, 6.07) is 0. The van der Waals surface area contributed by atoms with Crippen LogP contribution in [0.1, 0.15) is 40.5 Å². The van der Waals surface area contributed by atoms with E-state index in [2.05, 4.69) is 45.9 Å². The molecule has 2 rings (SSSR count). The molecule has 0 aliphatic heterocycles. The first-order valence-electron chi connectivity index (χ1n) is 6.24. The van der Waals surface area contributed by atoms with Gasteiger partial charge < -0.3 is 5.11 Å². The third-order valence-corrected chi connectivity index (χ3v) is 3.97. The zero-order chi connectivity index (χ0) is 11.9. The molecular weight excluding hydrogens is 196 g/mol. The van der Waals surface area contributed by atoms with Crippen molar-refractivity contribution in [2.75, 3.05) is 0 Å². The lowest BCUT2D eigenvalue weighted by molar-refractivity contribution is 0.0929. The molecule has 0 aromatic heterocycles. The average Bonchev–Trinajstić information content (AvgIpc) is 2.23. The predicted octanol–water partition coefficient (Wildman–Crippen LogP) is 3.62. The van der Waals surface area contributed by atoms with E-state index >= 15 is 0 Å². The topological polar surface area (TPSA) is 20.2 Å². The van der Waals surface area contributed by atoms with Crippen molar-refractivity contribution in [3.63, 3.8) is 0 Å². The lowest BCUT2D eigenvalue weighted by Crippen LogP contribution is -2.38. The van der Waals surface area contributed by atoms with Gasteiger partial charge in [0.15, 0.2) is 0 Å². The Bertz CT molecular complexity index is 380. The van der Waals surface area contributed by atoms with Gasteiger partial charge in [-0.2, -0.15) is 0 Å². The summed E-state index contributed by atoms with van der Waals surface area (Å²) in [4.78, 5) is 0. The summed E-state index contributed by atoms with van der Waals surface area (Å²) in [6.07, 6.45) is 8.54. The molecule has 2 aliphatic carbocycles. The highest BCUT2D eigenvalue weighted by Crippen LogP contribution is 2.45. The van der Waals surface area contributed by atoms with Gasteiger partial charge in [0.25, 0.3) is 0 Å². The lowest BCUT2D eigenvalue weighted by Gasteiger charge is -2.41. The summed E-state index contributed by atoms with van der Waals surface area (Å²) in [5, 5.41) is 10.5. The minimum absolute atomic E-state index is 0.103. The number of aliphatic hydroxyl groups excluding tert-OH is 1.